The van der Waals surface area contributed by atoms with Crippen molar-refractivity contribution in [2.45, 2.75) is 37.8 Å². The predicted molar refractivity (Wildman–Crippen MR) is 120 cm³/mol. The Balaban J connectivity index is 1.35. The lowest BCUT2D eigenvalue weighted by Gasteiger charge is -2.30. The van der Waals surface area contributed by atoms with E-state index in [-0.39, 0.29) is 11.9 Å². The van der Waals surface area contributed by atoms with Gasteiger partial charge in [-0.2, -0.15) is 0 Å². The minimum Gasteiger partial charge on any atom is -0.382 e. The minimum absolute atomic E-state index is 0.114. The fourth-order valence-electron chi connectivity index (χ4n) is 3.76. The zero-order valence-corrected chi connectivity index (χ0v) is 17.9. The summed E-state index contributed by atoms with van der Waals surface area (Å²) < 4.78 is 0. The van der Waals surface area contributed by atoms with Crippen molar-refractivity contribution in [2.75, 3.05) is 5.32 Å². The van der Waals surface area contributed by atoms with Gasteiger partial charge in [0.2, 0.25) is 0 Å². The van der Waals surface area contributed by atoms with E-state index >= 15 is 0 Å². The maximum atomic E-state index is 12.5. The molecule has 3 aromatic rings. The first-order valence-electron chi connectivity index (χ1n) is 9.56. The van der Waals surface area contributed by atoms with Crippen LogP contribution in [-0.2, 0) is 0 Å². The molecule has 7 heteroatoms. The second-order valence-electron chi connectivity index (χ2n) is 7.32. The molecule has 0 bridgehead atoms. The summed E-state index contributed by atoms with van der Waals surface area (Å²) in [6.07, 6.45) is 5.58. The van der Waals surface area contributed by atoms with Crippen LogP contribution < -0.4 is 10.6 Å². The Morgan fingerprint density at radius 1 is 0.897 bits per heavy atom. The number of nitrogens with zero attached hydrogens (tertiary/aromatic N) is 1. The molecule has 0 aliphatic heterocycles. The molecule has 2 N–H and O–H groups in total. The molecule has 2 aromatic carbocycles. The normalized spacial score (nSPS) is 19.1. The summed E-state index contributed by atoms with van der Waals surface area (Å²) in [7, 11) is 0. The van der Waals surface area contributed by atoms with Crippen LogP contribution in [0.5, 0.6) is 0 Å². The molecular formula is C22H20Cl3N3O. The van der Waals surface area contributed by atoms with Gasteiger partial charge >= 0.3 is 0 Å². The number of nitrogens with one attached hydrogen (secondary N) is 2. The van der Waals surface area contributed by atoms with Crippen molar-refractivity contribution in [3.8, 4) is 0 Å². The van der Waals surface area contributed by atoms with Crippen molar-refractivity contribution >= 4 is 57.3 Å². The quantitative estimate of drug-likeness (QED) is 0.489. The van der Waals surface area contributed by atoms with E-state index in [0.29, 0.717) is 26.7 Å². The molecule has 0 spiro atoms. The predicted octanol–water partition coefficient (Wildman–Crippen LogP) is 6.35. The van der Waals surface area contributed by atoms with Gasteiger partial charge in [0.1, 0.15) is 0 Å². The van der Waals surface area contributed by atoms with Crippen molar-refractivity contribution < 1.29 is 4.79 Å². The van der Waals surface area contributed by atoms with Crippen molar-refractivity contribution in [3.63, 3.8) is 0 Å². The summed E-state index contributed by atoms with van der Waals surface area (Å²) in [5.41, 5.74) is 2.47. The highest BCUT2D eigenvalue weighted by molar-refractivity contribution is 6.42. The van der Waals surface area contributed by atoms with E-state index in [2.05, 4.69) is 15.6 Å². The Hall–Kier alpha value is -2.01. The average Bonchev–Trinajstić information content (AvgIpc) is 2.71. The Morgan fingerprint density at radius 3 is 2.41 bits per heavy atom. The second kappa shape index (κ2) is 8.78. The van der Waals surface area contributed by atoms with E-state index in [1.807, 2.05) is 24.3 Å². The van der Waals surface area contributed by atoms with Gasteiger partial charge in [-0.1, -0.05) is 34.8 Å². The number of anilines is 1. The fraction of sp³-hybridized carbons (Fsp3) is 0.273. The Morgan fingerprint density at radius 2 is 1.66 bits per heavy atom. The van der Waals surface area contributed by atoms with Gasteiger partial charge in [0.05, 0.1) is 15.6 Å². The van der Waals surface area contributed by atoms with E-state index in [9.17, 15) is 4.79 Å². The number of aromatic nitrogens is 1. The summed E-state index contributed by atoms with van der Waals surface area (Å²) in [6.45, 7) is 0. The number of amides is 1. The summed E-state index contributed by atoms with van der Waals surface area (Å²) in [4.78, 5) is 16.9. The van der Waals surface area contributed by atoms with Crippen molar-refractivity contribution in [1.29, 1.82) is 0 Å². The maximum absolute atomic E-state index is 12.5. The van der Waals surface area contributed by atoms with Crippen LogP contribution >= 0.6 is 34.8 Å². The van der Waals surface area contributed by atoms with Crippen LogP contribution in [0.1, 0.15) is 36.0 Å². The average molecular weight is 449 g/mol. The van der Waals surface area contributed by atoms with Crippen LogP contribution in [0.15, 0.2) is 48.7 Å². The lowest BCUT2D eigenvalue weighted by molar-refractivity contribution is 0.0926. The molecule has 1 aliphatic carbocycles. The number of pyridine rings is 1. The van der Waals surface area contributed by atoms with E-state index in [4.69, 9.17) is 34.8 Å². The molecule has 4 nitrogen and oxygen atoms in total. The van der Waals surface area contributed by atoms with E-state index in [0.717, 1.165) is 42.3 Å². The van der Waals surface area contributed by atoms with E-state index in [1.165, 1.54) is 0 Å². The van der Waals surface area contributed by atoms with Crippen LogP contribution in [-0.4, -0.2) is 23.0 Å². The lowest BCUT2D eigenvalue weighted by atomic mass is 9.90. The number of fused-ring (bicyclic) bond motifs is 1. The first kappa shape index (κ1) is 20.3. The van der Waals surface area contributed by atoms with Crippen molar-refractivity contribution in [1.82, 2.24) is 10.3 Å². The van der Waals surface area contributed by atoms with Gasteiger partial charge in [0.15, 0.2) is 0 Å². The zero-order valence-electron chi connectivity index (χ0n) is 15.6. The summed E-state index contributed by atoms with van der Waals surface area (Å²) in [5.74, 6) is -0.114. The third-order valence-corrected chi connectivity index (χ3v) is 6.28. The second-order valence-corrected chi connectivity index (χ2v) is 8.57. The number of halogens is 3. The van der Waals surface area contributed by atoms with Crippen molar-refractivity contribution in [2.24, 2.45) is 0 Å². The van der Waals surface area contributed by atoms with Crippen LogP contribution in [0.25, 0.3) is 10.9 Å². The van der Waals surface area contributed by atoms with Gasteiger partial charge in [0, 0.05) is 39.9 Å². The zero-order chi connectivity index (χ0) is 20.4. The van der Waals surface area contributed by atoms with Crippen LogP contribution in [0.4, 0.5) is 5.69 Å². The molecule has 1 fully saturated rings. The number of rotatable bonds is 4. The van der Waals surface area contributed by atoms with E-state index < -0.39 is 0 Å². The number of carbonyl (C=O) groups is 1. The molecule has 1 saturated carbocycles. The first-order valence-corrected chi connectivity index (χ1v) is 10.7. The van der Waals surface area contributed by atoms with Crippen LogP contribution in [0.2, 0.25) is 15.1 Å². The lowest BCUT2D eigenvalue weighted by Crippen LogP contribution is -2.40. The van der Waals surface area contributed by atoms with Gasteiger partial charge in [-0.05, 0) is 68.1 Å². The maximum Gasteiger partial charge on any atom is 0.251 e. The van der Waals surface area contributed by atoms with Gasteiger partial charge < -0.3 is 10.6 Å². The molecule has 150 valence electrons. The minimum atomic E-state index is -0.114. The largest absolute Gasteiger partial charge is 0.382 e. The fourth-order valence-corrected chi connectivity index (χ4v) is 4.22. The van der Waals surface area contributed by atoms with Crippen molar-refractivity contribution in [3.05, 3.63) is 69.3 Å². The van der Waals surface area contributed by atoms with Gasteiger partial charge in [-0.25, -0.2) is 0 Å². The van der Waals surface area contributed by atoms with Gasteiger partial charge in [-0.3, -0.25) is 9.78 Å². The molecule has 4 rings (SSSR count). The summed E-state index contributed by atoms with van der Waals surface area (Å²) in [5, 5.41) is 9.32. The summed E-state index contributed by atoms with van der Waals surface area (Å²) >= 11 is 18.0. The molecule has 1 aromatic heterocycles. The molecule has 29 heavy (non-hydrogen) atoms. The van der Waals surface area contributed by atoms with E-state index in [1.54, 1.807) is 24.4 Å². The van der Waals surface area contributed by atoms with Crippen LogP contribution in [0, 0.1) is 0 Å². The Labute approximate surface area is 184 Å². The monoisotopic (exact) mass is 447 g/mol. The molecule has 1 aliphatic rings. The molecule has 1 amide bonds. The smallest absolute Gasteiger partial charge is 0.251 e. The molecule has 0 radical (unpaired) electrons. The third-order valence-electron chi connectivity index (χ3n) is 5.31. The molecule has 0 saturated heterocycles. The number of hydrogen-bond donors (Lipinski definition) is 2. The standard InChI is InChI=1S/C22H20Cl3N3O/c23-14-2-7-17-20(9-10-26-21(17)12-14)27-15-3-5-16(6-4-15)28-22(29)13-1-8-18(24)19(25)11-13/h1-2,7-12,15-16H,3-6H2,(H,26,27)(H,28,29). The first-order chi connectivity index (χ1) is 14.0. The third kappa shape index (κ3) is 4.77. The molecule has 0 atom stereocenters. The summed E-state index contributed by atoms with van der Waals surface area (Å²) in [6, 6.07) is 13.2. The van der Waals surface area contributed by atoms with Crippen LogP contribution in [0.3, 0.4) is 0 Å². The highest BCUT2D eigenvalue weighted by atomic mass is 35.5. The van der Waals surface area contributed by atoms with Gasteiger partial charge in [-0.15, -0.1) is 0 Å². The topological polar surface area (TPSA) is 54.0 Å². The molecular weight excluding hydrogens is 429 g/mol. The van der Waals surface area contributed by atoms with Gasteiger partial charge in [0.25, 0.3) is 5.91 Å². The highest BCUT2D eigenvalue weighted by Crippen LogP contribution is 2.28. The molecule has 1 heterocycles. The number of hydrogen-bond acceptors (Lipinski definition) is 3. The number of benzene rings is 2. The number of carbonyl (C=O) groups excluding carboxylic acids is 1. The molecule has 0 unspecified atom stereocenters. The highest BCUT2D eigenvalue weighted by Gasteiger charge is 2.23. The Bertz CT molecular complexity index is 1050. The Kier molecular flexibility index (Phi) is 6.14. The SMILES string of the molecule is O=C(NC1CCC(Nc2ccnc3cc(Cl)ccc23)CC1)c1ccc(Cl)c(Cl)c1.